The second kappa shape index (κ2) is 5.75. The van der Waals surface area contributed by atoms with E-state index in [4.69, 9.17) is 5.73 Å². The summed E-state index contributed by atoms with van der Waals surface area (Å²) in [6, 6.07) is 3.03. The van der Waals surface area contributed by atoms with Gasteiger partial charge >= 0.3 is 0 Å². The average Bonchev–Trinajstić information content (AvgIpc) is 2.39. The molecule has 0 atom stereocenters. The average molecular weight is 269 g/mol. The molecule has 104 valence electrons. The van der Waals surface area contributed by atoms with Crippen LogP contribution in [0.2, 0.25) is 0 Å². The predicted molar refractivity (Wildman–Crippen MR) is 69.2 cm³/mol. The Hall–Kier alpha value is -2.02. The van der Waals surface area contributed by atoms with E-state index in [0.29, 0.717) is 12.8 Å². The molecule has 0 fully saturated rings. The number of halogens is 1. The van der Waals surface area contributed by atoms with Gasteiger partial charge in [0.25, 0.3) is 5.69 Å². The molecule has 0 radical (unpaired) electrons. The largest absolute Gasteiger partial charge is 0.322 e. The van der Waals surface area contributed by atoms with E-state index in [1.54, 1.807) is 13.8 Å². The summed E-state index contributed by atoms with van der Waals surface area (Å²) in [6.45, 7) is 3.52. The number of nitrogens with two attached hydrogens (primary N) is 1. The first kappa shape index (κ1) is 15.0. The molecule has 19 heavy (non-hydrogen) atoms. The summed E-state index contributed by atoms with van der Waals surface area (Å²) in [5.41, 5.74) is 4.31. The van der Waals surface area contributed by atoms with Crippen LogP contribution in [-0.4, -0.2) is 16.4 Å². The van der Waals surface area contributed by atoms with Gasteiger partial charge in [-0.2, -0.15) is 0 Å². The van der Waals surface area contributed by atoms with Crippen LogP contribution in [0.15, 0.2) is 18.2 Å². The lowest BCUT2D eigenvalue weighted by atomic mass is 9.93. The van der Waals surface area contributed by atoms with Crippen molar-refractivity contribution in [3.05, 3.63) is 34.1 Å². The van der Waals surface area contributed by atoms with E-state index < -0.39 is 22.2 Å². The highest BCUT2D eigenvalue weighted by Gasteiger charge is 2.30. The molecule has 7 heteroatoms. The third-order valence-electron chi connectivity index (χ3n) is 3.13. The van der Waals surface area contributed by atoms with Gasteiger partial charge in [-0.05, 0) is 18.9 Å². The molecule has 1 aromatic carbocycles. The van der Waals surface area contributed by atoms with Gasteiger partial charge in [0, 0.05) is 6.07 Å². The molecule has 0 aliphatic rings. The maximum Gasteiger partial charge on any atom is 0.272 e. The van der Waals surface area contributed by atoms with Gasteiger partial charge in [-0.3, -0.25) is 14.9 Å². The van der Waals surface area contributed by atoms with Crippen molar-refractivity contribution in [3.8, 4) is 0 Å². The molecule has 0 heterocycles. The van der Waals surface area contributed by atoms with Crippen LogP contribution in [0.4, 0.5) is 15.8 Å². The summed E-state index contributed by atoms with van der Waals surface area (Å²) in [5.74, 6) is -1.37. The number of nitro benzene ring substituents is 1. The Morgan fingerprint density at radius 1 is 1.47 bits per heavy atom. The Bertz CT molecular complexity index is 501. The van der Waals surface area contributed by atoms with Crippen molar-refractivity contribution in [1.82, 2.24) is 0 Å². The molecule has 0 bridgehead atoms. The summed E-state index contributed by atoms with van der Waals surface area (Å²) in [7, 11) is 0. The Labute approximate surface area is 109 Å². The van der Waals surface area contributed by atoms with Crippen LogP contribution in [0.5, 0.6) is 0 Å². The normalized spacial score (nSPS) is 11.2. The second-order valence-corrected chi connectivity index (χ2v) is 4.24. The smallest absolute Gasteiger partial charge is 0.272 e. The van der Waals surface area contributed by atoms with E-state index in [2.05, 4.69) is 5.32 Å². The first-order valence-electron chi connectivity index (χ1n) is 5.88. The zero-order chi connectivity index (χ0) is 14.6. The van der Waals surface area contributed by atoms with Crippen LogP contribution in [0.1, 0.15) is 26.7 Å². The minimum Gasteiger partial charge on any atom is -0.322 e. The number of nitro groups is 1. The first-order chi connectivity index (χ1) is 8.84. The second-order valence-electron chi connectivity index (χ2n) is 4.24. The molecule has 3 N–H and O–H groups in total. The van der Waals surface area contributed by atoms with Crippen molar-refractivity contribution < 1.29 is 14.1 Å². The summed E-state index contributed by atoms with van der Waals surface area (Å²) >= 11 is 0. The highest BCUT2D eigenvalue weighted by atomic mass is 19.1. The number of nitrogens with zero attached hydrogens (tertiary/aromatic N) is 1. The van der Waals surface area contributed by atoms with Crippen LogP contribution >= 0.6 is 0 Å². The van der Waals surface area contributed by atoms with Crippen LogP contribution in [-0.2, 0) is 4.79 Å². The number of hydrogen-bond donors (Lipinski definition) is 2. The van der Waals surface area contributed by atoms with Crippen molar-refractivity contribution in [2.24, 2.45) is 5.73 Å². The van der Waals surface area contributed by atoms with Gasteiger partial charge in [-0.25, -0.2) is 4.39 Å². The van der Waals surface area contributed by atoms with Gasteiger partial charge < -0.3 is 11.1 Å². The van der Waals surface area contributed by atoms with Gasteiger partial charge in [0.2, 0.25) is 5.91 Å². The predicted octanol–water partition coefficient (Wildman–Crippen LogP) is 2.19. The number of carbonyl (C=O) groups is 1. The lowest BCUT2D eigenvalue weighted by molar-refractivity contribution is -0.385. The molecule has 0 unspecified atom stereocenters. The fourth-order valence-corrected chi connectivity index (χ4v) is 1.54. The number of carbonyl (C=O) groups excluding carboxylic acids is 1. The number of benzene rings is 1. The minimum atomic E-state index is -1.08. The zero-order valence-corrected chi connectivity index (χ0v) is 10.8. The van der Waals surface area contributed by atoms with E-state index in [-0.39, 0.29) is 11.4 Å². The number of rotatable bonds is 5. The van der Waals surface area contributed by atoms with E-state index in [1.165, 1.54) is 0 Å². The van der Waals surface area contributed by atoms with E-state index in [1.807, 2.05) is 0 Å². The lowest BCUT2D eigenvalue weighted by Crippen LogP contribution is -2.50. The van der Waals surface area contributed by atoms with Crippen molar-refractivity contribution in [1.29, 1.82) is 0 Å². The molecular weight excluding hydrogens is 253 g/mol. The monoisotopic (exact) mass is 269 g/mol. The van der Waals surface area contributed by atoms with Gasteiger partial charge in [-0.1, -0.05) is 13.8 Å². The quantitative estimate of drug-likeness (QED) is 0.632. The fourth-order valence-electron chi connectivity index (χ4n) is 1.54. The SMILES string of the molecule is CCC(N)(CC)C(=O)Nc1ccc([N+](=O)[O-])cc1F. The first-order valence-corrected chi connectivity index (χ1v) is 5.88. The van der Waals surface area contributed by atoms with Crippen LogP contribution in [0.3, 0.4) is 0 Å². The van der Waals surface area contributed by atoms with Crippen molar-refractivity contribution in [2.45, 2.75) is 32.2 Å². The number of non-ortho nitro benzene ring substituents is 1. The molecule has 6 nitrogen and oxygen atoms in total. The third-order valence-corrected chi connectivity index (χ3v) is 3.13. The van der Waals surface area contributed by atoms with Gasteiger partial charge in [0.15, 0.2) is 5.82 Å². The maximum absolute atomic E-state index is 13.6. The van der Waals surface area contributed by atoms with Crippen LogP contribution < -0.4 is 11.1 Å². The Balaban J connectivity index is 2.95. The lowest BCUT2D eigenvalue weighted by Gasteiger charge is -2.25. The minimum absolute atomic E-state index is 0.118. The Kier molecular flexibility index (Phi) is 4.55. The van der Waals surface area contributed by atoms with Gasteiger partial charge in [-0.15, -0.1) is 0 Å². The topological polar surface area (TPSA) is 98.3 Å². The number of hydrogen-bond acceptors (Lipinski definition) is 4. The van der Waals surface area contributed by atoms with E-state index in [9.17, 15) is 19.3 Å². The van der Waals surface area contributed by atoms with Crippen molar-refractivity contribution >= 4 is 17.3 Å². The van der Waals surface area contributed by atoms with E-state index >= 15 is 0 Å². The highest BCUT2D eigenvalue weighted by Crippen LogP contribution is 2.22. The molecule has 0 saturated heterocycles. The van der Waals surface area contributed by atoms with Gasteiger partial charge in [0.1, 0.15) is 0 Å². The summed E-state index contributed by atoms with van der Waals surface area (Å²) in [4.78, 5) is 21.7. The van der Waals surface area contributed by atoms with Crippen LogP contribution in [0.25, 0.3) is 0 Å². The zero-order valence-electron chi connectivity index (χ0n) is 10.8. The standard InChI is InChI=1S/C12H16FN3O3/c1-3-12(14,4-2)11(17)15-10-6-5-8(16(18)19)7-9(10)13/h5-7H,3-4,14H2,1-2H3,(H,15,17). The summed E-state index contributed by atoms with van der Waals surface area (Å²) in [5, 5.41) is 12.8. The molecule has 1 aromatic rings. The number of nitrogens with one attached hydrogen (secondary N) is 1. The molecule has 0 saturated carbocycles. The number of anilines is 1. The van der Waals surface area contributed by atoms with Crippen molar-refractivity contribution in [3.63, 3.8) is 0 Å². The molecule has 0 aromatic heterocycles. The van der Waals surface area contributed by atoms with Crippen molar-refractivity contribution in [2.75, 3.05) is 5.32 Å². The fraction of sp³-hybridized carbons (Fsp3) is 0.417. The number of amides is 1. The van der Waals surface area contributed by atoms with Crippen LogP contribution in [0, 0.1) is 15.9 Å². The van der Waals surface area contributed by atoms with E-state index in [0.717, 1.165) is 18.2 Å². The molecule has 0 aliphatic carbocycles. The third kappa shape index (κ3) is 3.25. The summed E-state index contributed by atoms with van der Waals surface area (Å²) in [6.07, 6.45) is 0.813. The Morgan fingerprint density at radius 3 is 2.47 bits per heavy atom. The summed E-state index contributed by atoms with van der Waals surface area (Å²) < 4.78 is 13.6. The highest BCUT2D eigenvalue weighted by molar-refractivity contribution is 5.98. The maximum atomic E-state index is 13.6. The molecule has 0 spiro atoms. The van der Waals surface area contributed by atoms with Gasteiger partial charge in [0.05, 0.1) is 22.2 Å². The molecule has 1 amide bonds. The molecular formula is C12H16FN3O3. The molecule has 0 aliphatic heterocycles. The molecule has 1 rings (SSSR count). The Morgan fingerprint density at radius 2 is 2.05 bits per heavy atom.